The van der Waals surface area contributed by atoms with E-state index >= 15 is 0 Å². The number of aliphatic hydroxyl groups is 1. The molecule has 0 bridgehead atoms. The quantitative estimate of drug-likeness (QED) is 0.889. The maximum Gasteiger partial charge on any atom is 0.226 e. The van der Waals surface area contributed by atoms with Crippen LogP contribution in [0.25, 0.3) is 0 Å². The monoisotopic (exact) mass is 347 g/mol. The molecule has 1 aromatic rings. The molecule has 2 heterocycles. The van der Waals surface area contributed by atoms with Crippen LogP contribution < -0.4 is 4.74 Å². The number of nitrogens with zero attached hydrogens (tertiary/aromatic N) is 1. The number of likely N-dealkylation sites (tertiary alicyclic amines) is 1. The van der Waals surface area contributed by atoms with Gasteiger partial charge in [-0.25, -0.2) is 0 Å². The predicted molar refractivity (Wildman–Crippen MR) is 95.4 cm³/mol. The first kappa shape index (κ1) is 18.2. The fraction of sp³-hybridized carbons (Fsp3) is 0.650. The van der Waals surface area contributed by atoms with Crippen LogP contribution in [0.3, 0.4) is 0 Å². The zero-order chi connectivity index (χ0) is 17.7. The van der Waals surface area contributed by atoms with Crippen LogP contribution >= 0.6 is 0 Å². The summed E-state index contributed by atoms with van der Waals surface area (Å²) in [4.78, 5) is 14.3. The second-order valence-corrected chi connectivity index (χ2v) is 7.28. The predicted octanol–water partition coefficient (Wildman–Crippen LogP) is 2.48. The molecule has 3 rings (SSSR count). The third-order valence-corrected chi connectivity index (χ3v) is 5.74. The number of rotatable bonds is 5. The van der Waals surface area contributed by atoms with Crippen LogP contribution in [-0.2, 0) is 9.53 Å². The van der Waals surface area contributed by atoms with Crippen molar-refractivity contribution in [2.75, 3.05) is 32.9 Å². The van der Waals surface area contributed by atoms with Gasteiger partial charge in [0.2, 0.25) is 5.91 Å². The van der Waals surface area contributed by atoms with Gasteiger partial charge in [0.15, 0.2) is 0 Å². The van der Waals surface area contributed by atoms with Crippen molar-refractivity contribution in [3.8, 4) is 5.75 Å². The molecule has 0 aliphatic carbocycles. The molecule has 5 nitrogen and oxygen atoms in total. The lowest BCUT2D eigenvalue weighted by Crippen LogP contribution is -2.57. The lowest BCUT2D eigenvalue weighted by Gasteiger charge is -2.48. The fourth-order valence-corrected chi connectivity index (χ4v) is 4.10. The molecule has 2 fully saturated rings. The molecule has 1 aromatic carbocycles. The van der Waals surface area contributed by atoms with Gasteiger partial charge in [0, 0.05) is 32.2 Å². The summed E-state index contributed by atoms with van der Waals surface area (Å²) >= 11 is 0. The Morgan fingerprint density at radius 1 is 1.32 bits per heavy atom. The van der Waals surface area contributed by atoms with E-state index in [0.717, 1.165) is 31.8 Å². The van der Waals surface area contributed by atoms with E-state index in [1.54, 1.807) is 0 Å². The minimum absolute atomic E-state index is 0.0864. The van der Waals surface area contributed by atoms with Gasteiger partial charge in [0.1, 0.15) is 5.75 Å². The maximum absolute atomic E-state index is 12.5. The van der Waals surface area contributed by atoms with E-state index in [-0.39, 0.29) is 17.7 Å². The maximum atomic E-state index is 12.5. The number of hydrogen-bond acceptors (Lipinski definition) is 4. The van der Waals surface area contributed by atoms with Crippen molar-refractivity contribution in [1.29, 1.82) is 0 Å². The Morgan fingerprint density at radius 2 is 2.04 bits per heavy atom. The number of carbonyl (C=O) groups is 1. The third-order valence-electron chi connectivity index (χ3n) is 5.74. The number of hydrogen-bond donors (Lipinski definition) is 1. The van der Waals surface area contributed by atoms with Crippen LogP contribution in [0.4, 0.5) is 0 Å². The summed E-state index contributed by atoms with van der Waals surface area (Å²) < 4.78 is 11.0. The summed E-state index contributed by atoms with van der Waals surface area (Å²) in [7, 11) is 0. The lowest BCUT2D eigenvalue weighted by molar-refractivity contribution is -0.151. The van der Waals surface area contributed by atoms with Gasteiger partial charge in [-0.1, -0.05) is 25.1 Å². The summed E-state index contributed by atoms with van der Waals surface area (Å²) in [5.74, 6) is 1.27. The number of carbonyl (C=O) groups excluding carboxylic acids is 1. The third kappa shape index (κ3) is 4.33. The summed E-state index contributed by atoms with van der Waals surface area (Å²) in [6, 6.07) is 9.55. The van der Waals surface area contributed by atoms with Crippen LogP contribution in [0.15, 0.2) is 30.3 Å². The highest BCUT2D eigenvalue weighted by molar-refractivity contribution is 5.76. The number of amides is 1. The summed E-state index contributed by atoms with van der Waals surface area (Å²) in [5, 5.41) is 11.2. The molecule has 0 aromatic heterocycles. The molecule has 5 heteroatoms. The Hall–Kier alpha value is -1.59. The Balaban J connectivity index is 1.47. The minimum Gasteiger partial charge on any atom is -0.493 e. The lowest BCUT2D eigenvalue weighted by atomic mass is 9.70. The Bertz CT molecular complexity index is 558. The Morgan fingerprint density at radius 3 is 2.72 bits per heavy atom. The average Bonchev–Trinajstić information content (AvgIpc) is 2.65. The molecular formula is C20H29NO4. The molecule has 0 saturated carbocycles. The Kier molecular flexibility index (Phi) is 5.97. The highest BCUT2D eigenvalue weighted by Crippen LogP contribution is 2.39. The molecule has 2 atom stereocenters. The van der Waals surface area contributed by atoms with E-state index in [9.17, 15) is 9.90 Å². The highest BCUT2D eigenvalue weighted by atomic mass is 16.5. The van der Waals surface area contributed by atoms with E-state index in [1.165, 1.54) is 0 Å². The van der Waals surface area contributed by atoms with Gasteiger partial charge >= 0.3 is 0 Å². The summed E-state index contributed by atoms with van der Waals surface area (Å²) in [5.41, 5.74) is -0.666. The van der Waals surface area contributed by atoms with Crippen molar-refractivity contribution < 1.29 is 19.4 Å². The molecule has 2 aliphatic heterocycles. The molecule has 0 unspecified atom stereocenters. The van der Waals surface area contributed by atoms with Crippen LogP contribution in [0.1, 0.15) is 32.6 Å². The van der Waals surface area contributed by atoms with Gasteiger partial charge in [-0.3, -0.25) is 4.79 Å². The van der Waals surface area contributed by atoms with Crippen molar-refractivity contribution in [3.63, 3.8) is 0 Å². The molecule has 0 spiro atoms. The van der Waals surface area contributed by atoms with Crippen molar-refractivity contribution >= 4 is 5.91 Å². The van der Waals surface area contributed by atoms with E-state index in [1.807, 2.05) is 35.2 Å². The molecule has 1 N–H and O–H groups in total. The first-order valence-electron chi connectivity index (χ1n) is 9.35. The molecule has 0 radical (unpaired) electrons. The SMILES string of the molecule is C[C@@H]1CN(C(=O)CCOc2ccccc2)CC[C@@]1(O)C1CCOCC1. The second-order valence-electron chi connectivity index (χ2n) is 7.28. The van der Waals surface area contributed by atoms with Crippen LogP contribution in [0, 0.1) is 11.8 Å². The smallest absolute Gasteiger partial charge is 0.226 e. The topological polar surface area (TPSA) is 59.0 Å². The van der Waals surface area contributed by atoms with Gasteiger partial charge in [-0.15, -0.1) is 0 Å². The van der Waals surface area contributed by atoms with E-state index in [0.29, 0.717) is 32.5 Å². The largest absolute Gasteiger partial charge is 0.493 e. The van der Waals surface area contributed by atoms with Crippen molar-refractivity contribution in [2.24, 2.45) is 11.8 Å². The minimum atomic E-state index is -0.666. The highest BCUT2D eigenvalue weighted by Gasteiger charge is 2.45. The van der Waals surface area contributed by atoms with Gasteiger partial charge in [0.25, 0.3) is 0 Å². The average molecular weight is 347 g/mol. The Labute approximate surface area is 149 Å². The molecular weight excluding hydrogens is 318 g/mol. The fourth-order valence-electron chi connectivity index (χ4n) is 4.10. The van der Waals surface area contributed by atoms with Gasteiger partial charge < -0.3 is 19.5 Å². The standard InChI is InChI=1S/C20H29NO4/c1-16-15-21(11-10-20(16,23)17-7-12-24-13-8-17)19(22)9-14-25-18-5-3-2-4-6-18/h2-6,16-17,23H,7-15H2,1H3/t16-,20+/m1/s1. The number of para-hydroxylation sites is 1. The molecule has 1 amide bonds. The second kappa shape index (κ2) is 8.19. The van der Waals surface area contributed by atoms with Gasteiger partial charge in [-0.05, 0) is 37.3 Å². The first-order valence-corrected chi connectivity index (χ1v) is 9.35. The van der Waals surface area contributed by atoms with Crippen LogP contribution in [-0.4, -0.2) is 54.4 Å². The number of piperidine rings is 1. The number of benzene rings is 1. The molecule has 2 saturated heterocycles. The zero-order valence-corrected chi connectivity index (χ0v) is 15.0. The van der Waals surface area contributed by atoms with Gasteiger partial charge in [-0.2, -0.15) is 0 Å². The van der Waals surface area contributed by atoms with Crippen molar-refractivity contribution in [2.45, 2.75) is 38.2 Å². The van der Waals surface area contributed by atoms with E-state index in [2.05, 4.69) is 6.92 Å². The zero-order valence-electron chi connectivity index (χ0n) is 15.0. The van der Waals surface area contributed by atoms with Crippen LogP contribution in [0.5, 0.6) is 5.75 Å². The van der Waals surface area contributed by atoms with E-state index < -0.39 is 5.60 Å². The van der Waals surface area contributed by atoms with Crippen molar-refractivity contribution in [3.05, 3.63) is 30.3 Å². The molecule has 25 heavy (non-hydrogen) atoms. The summed E-state index contributed by atoms with van der Waals surface area (Å²) in [6.45, 7) is 5.17. The first-order chi connectivity index (χ1) is 12.1. The molecule has 2 aliphatic rings. The van der Waals surface area contributed by atoms with E-state index in [4.69, 9.17) is 9.47 Å². The summed E-state index contributed by atoms with van der Waals surface area (Å²) in [6.07, 6.45) is 2.86. The number of ether oxygens (including phenoxy) is 2. The van der Waals surface area contributed by atoms with Crippen LogP contribution in [0.2, 0.25) is 0 Å². The van der Waals surface area contributed by atoms with Crippen molar-refractivity contribution in [1.82, 2.24) is 4.90 Å². The van der Waals surface area contributed by atoms with Gasteiger partial charge in [0.05, 0.1) is 18.6 Å². The normalized spacial score (nSPS) is 27.9. The molecule has 138 valence electrons.